The Hall–Kier alpha value is -2.93. The van der Waals surface area contributed by atoms with Crippen LogP contribution in [0, 0.1) is 5.82 Å². The van der Waals surface area contributed by atoms with Gasteiger partial charge in [0.15, 0.2) is 0 Å². The number of aliphatic imine (C=N–C) groups is 1. The van der Waals surface area contributed by atoms with Gasteiger partial charge in [0, 0.05) is 61.3 Å². The molecule has 7 heteroatoms. The fraction of sp³-hybridized carbons (Fsp3) is 0.500. The molecule has 4 heterocycles. The van der Waals surface area contributed by atoms with E-state index < -0.39 is 0 Å². The van der Waals surface area contributed by atoms with E-state index >= 15 is 0 Å². The van der Waals surface area contributed by atoms with E-state index in [1.807, 2.05) is 12.3 Å². The summed E-state index contributed by atoms with van der Waals surface area (Å²) in [5.41, 5.74) is 10.6. The second kappa shape index (κ2) is 10.8. The zero-order valence-corrected chi connectivity index (χ0v) is 20.8. The minimum absolute atomic E-state index is 0.218. The van der Waals surface area contributed by atoms with Gasteiger partial charge in [-0.25, -0.2) is 14.4 Å². The first kappa shape index (κ1) is 23.8. The number of benzene rings is 1. The number of hydrogen-bond donors (Lipinski definition) is 1. The number of likely N-dealkylation sites (tertiary alicyclic amines) is 2. The van der Waals surface area contributed by atoms with Gasteiger partial charge in [-0.15, -0.1) is 0 Å². The molecular weight excluding hydrogens is 439 g/mol. The van der Waals surface area contributed by atoms with Crippen molar-refractivity contribution >= 4 is 5.84 Å². The van der Waals surface area contributed by atoms with Crippen LogP contribution >= 0.6 is 0 Å². The SMILES string of the molecule is CCC1=C(N2CCC(c3nc(-c4cccc(F)c4)cn3CCN3CCC3)CC2)CCC=CN=C1N. The molecule has 0 bridgehead atoms. The molecule has 186 valence electrons. The van der Waals surface area contributed by atoms with E-state index in [-0.39, 0.29) is 5.82 Å². The number of aromatic nitrogens is 2. The van der Waals surface area contributed by atoms with E-state index in [1.165, 1.54) is 36.8 Å². The Morgan fingerprint density at radius 3 is 2.66 bits per heavy atom. The highest BCUT2D eigenvalue weighted by Crippen LogP contribution is 2.33. The first-order chi connectivity index (χ1) is 17.1. The maximum atomic E-state index is 13.9. The lowest BCUT2D eigenvalue weighted by molar-refractivity contribution is 0.173. The summed E-state index contributed by atoms with van der Waals surface area (Å²) in [6.07, 6.45) is 12.4. The molecule has 0 spiro atoms. The number of rotatable bonds is 7. The minimum Gasteiger partial charge on any atom is -0.383 e. The summed E-state index contributed by atoms with van der Waals surface area (Å²) < 4.78 is 16.2. The van der Waals surface area contributed by atoms with Crippen LogP contribution in [0.25, 0.3) is 11.3 Å². The molecule has 0 radical (unpaired) electrons. The number of nitrogens with zero attached hydrogens (tertiary/aromatic N) is 5. The lowest BCUT2D eigenvalue weighted by Gasteiger charge is -2.37. The van der Waals surface area contributed by atoms with Crippen LogP contribution in [0.3, 0.4) is 0 Å². The van der Waals surface area contributed by atoms with Gasteiger partial charge in [-0.2, -0.15) is 0 Å². The summed E-state index contributed by atoms with van der Waals surface area (Å²) in [4.78, 5) is 14.5. The van der Waals surface area contributed by atoms with Crippen molar-refractivity contribution in [3.63, 3.8) is 0 Å². The van der Waals surface area contributed by atoms with Crippen molar-refractivity contribution in [1.82, 2.24) is 19.4 Å². The molecule has 0 amide bonds. The predicted molar refractivity (Wildman–Crippen MR) is 140 cm³/mol. The summed E-state index contributed by atoms with van der Waals surface area (Å²) in [6, 6.07) is 6.79. The largest absolute Gasteiger partial charge is 0.383 e. The average molecular weight is 477 g/mol. The molecule has 6 nitrogen and oxygen atoms in total. The number of nitrogens with two attached hydrogens (primary N) is 1. The van der Waals surface area contributed by atoms with E-state index in [1.54, 1.807) is 12.1 Å². The van der Waals surface area contributed by atoms with Gasteiger partial charge < -0.3 is 20.1 Å². The number of amidine groups is 1. The van der Waals surface area contributed by atoms with Gasteiger partial charge in [-0.1, -0.05) is 25.1 Å². The highest BCUT2D eigenvalue weighted by Gasteiger charge is 2.28. The average Bonchev–Trinajstić information content (AvgIpc) is 3.25. The molecular formula is C28H37FN6. The second-order valence-corrected chi connectivity index (χ2v) is 9.86. The van der Waals surface area contributed by atoms with E-state index in [4.69, 9.17) is 10.7 Å². The first-order valence-corrected chi connectivity index (χ1v) is 13.1. The lowest BCUT2D eigenvalue weighted by Crippen LogP contribution is -2.39. The van der Waals surface area contributed by atoms with Gasteiger partial charge in [0.2, 0.25) is 0 Å². The van der Waals surface area contributed by atoms with Crippen LogP contribution in [-0.2, 0) is 6.54 Å². The molecule has 2 saturated heterocycles. The predicted octanol–water partition coefficient (Wildman–Crippen LogP) is 4.90. The van der Waals surface area contributed by atoms with Crippen LogP contribution in [-0.4, -0.2) is 57.9 Å². The normalized spacial score (nSPS) is 19.9. The molecule has 35 heavy (non-hydrogen) atoms. The molecule has 5 rings (SSSR count). The third kappa shape index (κ3) is 5.35. The molecule has 2 N–H and O–H groups in total. The Morgan fingerprint density at radius 1 is 1.11 bits per heavy atom. The number of hydrogen-bond acceptors (Lipinski definition) is 5. The van der Waals surface area contributed by atoms with Crippen LogP contribution in [0.2, 0.25) is 0 Å². The summed E-state index contributed by atoms with van der Waals surface area (Å²) in [5.74, 6) is 1.98. The van der Waals surface area contributed by atoms with E-state index in [9.17, 15) is 4.39 Å². The molecule has 1 aromatic heterocycles. The van der Waals surface area contributed by atoms with Gasteiger partial charge in [-0.3, -0.25) is 0 Å². The summed E-state index contributed by atoms with van der Waals surface area (Å²) in [6.45, 7) is 8.51. The van der Waals surface area contributed by atoms with Crippen molar-refractivity contribution < 1.29 is 4.39 Å². The Morgan fingerprint density at radius 2 is 1.94 bits per heavy atom. The van der Waals surface area contributed by atoms with Crippen LogP contribution < -0.4 is 5.73 Å². The van der Waals surface area contributed by atoms with Crippen molar-refractivity contribution in [3.05, 3.63) is 65.7 Å². The van der Waals surface area contributed by atoms with Crippen LogP contribution in [0.15, 0.2) is 59.0 Å². The topological polar surface area (TPSA) is 62.7 Å². The van der Waals surface area contributed by atoms with Crippen molar-refractivity contribution in [2.75, 3.05) is 32.7 Å². The molecule has 0 atom stereocenters. The Balaban J connectivity index is 1.35. The molecule has 1 aromatic carbocycles. The smallest absolute Gasteiger partial charge is 0.128 e. The molecule has 0 saturated carbocycles. The quantitative estimate of drug-likeness (QED) is 0.617. The standard InChI is InChI=1S/C28H37FN6/c1-2-24-26(9-3-4-12-31-27(24)30)34-15-10-21(11-16-34)28-32-25(22-7-5-8-23(29)19-22)20-35(28)18-17-33-13-6-14-33/h4-5,7-8,12,19-21H,2-3,6,9-11,13-18H2,1H3,(H2,30,31). The number of halogens is 1. The Kier molecular flexibility index (Phi) is 7.32. The van der Waals surface area contributed by atoms with Crippen LogP contribution in [0.5, 0.6) is 0 Å². The lowest BCUT2D eigenvalue weighted by atomic mass is 9.93. The summed E-state index contributed by atoms with van der Waals surface area (Å²) in [7, 11) is 0. The summed E-state index contributed by atoms with van der Waals surface area (Å²) in [5, 5.41) is 0. The van der Waals surface area contributed by atoms with Gasteiger partial charge in [0.05, 0.1) is 5.69 Å². The van der Waals surface area contributed by atoms with E-state index in [2.05, 4.69) is 38.6 Å². The fourth-order valence-corrected chi connectivity index (χ4v) is 5.52. The van der Waals surface area contributed by atoms with Crippen LogP contribution in [0.1, 0.15) is 57.2 Å². The molecule has 2 aromatic rings. The molecule has 3 aliphatic rings. The van der Waals surface area contributed by atoms with E-state index in [0.717, 1.165) is 75.4 Å². The van der Waals surface area contributed by atoms with E-state index in [0.29, 0.717) is 11.8 Å². The molecule has 0 unspecified atom stereocenters. The monoisotopic (exact) mass is 476 g/mol. The van der Waals surface area contributed by atoms with Gasteiger partial charge in [0.25, 0.3) is 0 Å². The zero-order valence-electron chi connectivity index (χ0n) is 20.8. The Bertz CT molecular complexity index is 1120. The van der Waals surface area contributed by atoms with Crippen molar-refractivity contribution in [3.8, 4) is 11.3 Å². The fourth-order valence-electron chi connectivity index (χ4n) is 5.52. The maximum Gasteiger partial charge on any atom is 0.128 e. The third-order valence-corrected chi connectivity index (χ3v) is 7.65. The third-order valence-electron chi connectivity index (χ3n) is 7.65. The highest BCUT2D eigenvalue weighted by molar-refractivity contribution is 5.98. The Labute approximate surface area is 208 Å². The van der Waals surface area contributed by atoms with Crippen molar-refractivity contribution in [1.29, 1.82) is 0 Å². The van der Waals surface area contributed by atoms with Crippen LogP contribution in [0.4, 0.5) is 4.39 Å². The second-order valence-electron chi connectivity index (χ2n) is 9.86. The summed E-state index contributed by atoms with van der Waals surface area (Å²) >= 11 is 0. The van der Waals surface area contributed by atoms with Gasteiger partial charge >= 0.3 is 0 Å². The molecule has 0 aliphatic carbocycles. The number of imidazole rings is 1. The van der Waals surface area contributed by atoms with Gasteiger partial charge in [-0.05, 0) is 63.7 Å². The minimum atomic E-state index is -0.218. The first-order valence-electron chi connectivity index (χ1n) is 13.1. The van der Waals surface area contributed by atoms with Crippen molar-refractivity contribution in [2.45, 2.75) is 57.9 Å². The maximum absolute atomic E-state index is 13.9. The molecule has 2 fully saturated rings. The number of allylic oxidation sites excluding steroid dienone is 2. The highest BCUT2D eigenvalue weighted by atomic mass is 19.1. The number of piperidine rings is 1. The zero-order chi connectivity index (χ0) is 24.2. The van der Waals surface area contributed by atoms with Gasteiger partial charge in [0.1, 0.15) is 17.5 Å². The van der Waals surface area contributed by atoms with Crippen molar-refractivity contribution in [2.24, 2.45) is 10.7 Å². The molecule has 3 aliphatic heterocycles.